The first kappa shape index (κ1) is 22.7. The molecule has 0 spiro atoms. The maximum atomic E-state index is 12.5. The number of sulfone groups is 1. The molecular formula is C21H22N2O6S2. The third-order valence-corrected chi connectivity index (χ3v) is 6.49. The Hall–Kier alpha value is -2.98. The number of aromatic nitrogens is 1. The van der Waals surface area contributed by atoms with Crippen LogP contribution in [0.25, 0.3) is 10.2 Å². The Bertz CT molecular complexity index is 1300. The van der Waals surface area contributed by atoms with E-state index in [0.29, 0.717) is 16.0 Å². The van der Waals surface area contributed by atoms with Crippen molar-refractivity contribution in [2.75, 3.05) is 19.5 Å². The highest BCUT2D eigenvalue weighted by Gasteiger charge is 2.15. The first-order valence-corrected chi connectivity index (χ1v) is 12.1. The molecule has 0 saturated heterocycles. The minimum atomic E-state index is -3.41. The van der Waals surface area contributed by atoms with E-state index >= 15 is 0 Å². The molecule has 1 heterocycles. The van der Waals surface area contributed by atoms with Gasteiger partial charge in [-0.25, -0.2) is 8.42 Å². The Morgan fingerprint density at radius 1 is 1.16 bits per heavy atom. The van der Waals surface area contributed by atoms with Gasteiger partial charge >= 0.3 is 5.97 Å². The van der Waals surface area contributed by atoms with E-state index in [4.69, 9.17) is 9.47 Å². The number of amides is 1. The number of thiazole rings is 1. The van der Waals surface area contributed by atoms with E-state index in [1.54, 1.807) is 19.1 Å². The molecule has 10 heteroatoms. The SMILES string of the molecule is CCOC(=O)Cn1c(=NC(=O)COc2ccccc2C)sc2cc(S(C)(=O)=O)ccc21. The van der Waals surface area contributed by atoms with Crippen LogP contribution < -0.4 is 9.54 Å². The number of carbonyl (C=O) groups excluding carboxylic acids is 2. The minimum absolute atomic E-state index is 0.144. The Balaban J connectivity index is 1.98. The van der Waals surface area contributed by atoms with Gasteiger partial charge in [-0.1, -0.05) is 29.5 Å². The second kappa shape index (κ2) is 9.44. The molecule has 0 fully saturated rings. The van der Waals surface area contributed by atoms with Gasteiger partial charge in [0.1, 0.15) is 12.3 Å². The number of para-hydroxylation sites is 1. The molecule has 1 aromatic heterocycles. The van der Waals surface area contributed by atoms with Gasteiger partial charge in [0.25, 0.3) is 5.91 Å². The lowest BCUT2D eigenvalue weighted by molar-refractivity contribution is -0.143. The summed E-state index contributed by atoms with van der Waals surface area (Å²) in [6.45, 7) is 3.36. The first-order chi connectivity index (χ1) is 14.7. The molecule has 31 heavy (non-hydrogen) atoms. The van der Waals surface area contributed by atoms with Crippen LogP contribution in [0, 0.1) is 6.92 Å². The standard InChI is InChI=1S/C21H22N2O6S2/c1-4-28-20(25)12-23-16-10-9-15(31(3,26)27)11-18(16)30-21(23)22-19(24)13-29-17-8-6-5-7-14(17)2/h5-11H,4,12-13H2,1-3H3. The number of ether oxygens (including phenoxy) is 2. The maximum Gasteiger partial charge on any atom is 0.326 e. The third kappa shape index (κ3) is 5.59. The zero-order valence-electron chi connectivity index (χ0n) is 17.3. The summed E-state index contributed by atoms with van der Waals surface area (Å²) in [4.78, 5) is 29.0. The van der Waals surface area contributed by atoms with Crippen LogP contribution >= 0.6 is 11.3 Å². The fourth-order valence-electron chi connectivity index (χ4n) is 2.85. The lowest BCUT2D eigenvalue weighted by atomic mass is 10.2. The van der Waals surface area contributed by atoms with Crippen LogP contribution in [0.3, 0.4) is 0 Å². The lowest BCUT2D eigenvalue weighted by Gasteiger charge is -2.07. The van der Waals surface area contributed by atoms with Crippen molar-refractivity contribution in [3.05, 3.63) is 52.8 Å². The Morgan fingerprint density at radius 2 is 1.90 bits per heavy atom. The molecule has 0 N–H and O–H groups in total. The molecule has 1 amide bonds. The normalized spacial score (nSPS) is 12.2. The van der Waals surface area contributed by atoms with Crippen molar-refractivity contribution in [3.63, 3.8) is 0 Å². The number of benzene rings is 2. The number of rotatable bonds is 7. The zero-order chi connectivity index (χ0) is 22.6. The number of esters is 1. The minimum Gasteiger partial charge on any atom is -0.483 e. The predicted octanol–water partition coefficient (Wildman–Crippen LogP) is 2.48. The van der Waals surface area contributed by atoms with Crippen molar-refractivity contribution in [1.82, 2.24) is 4.57 Å². The van der Waals surface area contributed by atoms with Crippen molar-refractivity contribution in [2.24, 2.45) is 4.99 Å². The van der Waals surface area contributed by atoms with E-state index in [9.17, 15) is 18.0 Å². The topological polar surface area (TPSA) is 104 Å². The number of aryl methyl sites for hydroxylation is 1. The van der Waals surface area contributed by atoms with Gasteiger partial charge in [0, 0.05) is 6.26 Å². The number of fused-ring (bicyclic) bond motifs is 1. The number of carbonyl (C=O) groups is 2. The largest absolute Gasteiger partial charge is 0.483 e. The molecule has 0 aliphatic rings. The highest BCUT2D eigenvalue weighted by molar-refractivity contribution is 7.90. The number of nitrogens with zero attached hydrogens (tertiary/aromatic N) is 2. The molecule has 0 saturated carbocycles. The van der Waals surface area contributed by atoms with Gasteiger partial charge in [-0.15, -0.1) is 0 Å². The van der Waals surface area contributed by atoms with E-state index in [-0.39, 0.29) is 29.5 Å². The van der Waals surface area contributed by atoms with Gasteiger partial charge in [-0.2, -0.15) is 4.99 Å². The first-order valence-electron chi connectivity index (χ1n) is 9.44. The molecule has 0 aliphatic carbocycles. The van der Waals surface area contributed by atoms with Crippen molar-refractivity contribution >= 4 is 43.3 Å². The van der Waals surface area contributed by atoms with Crippen LogP contribution in [0.5, 0.6) is 5.75 Å². The van der Waals surface area contributed by atoms with Crippen LogP contribution in [-0.4, -0.2) is 44.3 Å². The van der Waals surface area contributed by atoms with E-state index in [0.717, 1.165) is 23.2 Å². The maximum absolute atomic E-state index is 12.5. The van der Waals surface area contributed by atoms with Crippen molar-refractivity contribution in [3.8, 4) is 5.75 Å². The fourth-order valence-corrected chi connectivity index (χ4v) is 4.66. The second-order valence-electron chi connectivity index (χ2n) is 6.74. The summed E-state index contributed by atoms with van der Waals surface area (Å²) in [6.07, 6.45) is 1.12. The van der Waals surface area contributed by atoms with Crippen molar-refractivity contribution < 1.29 is 27.5 Å². The van der Waals surface area contributed by atoms with Crippen LogP contribution in [0.15, 0.2) is 52.4 Å². The van der Waals surface area contributed by atoms with Crippen LogP contribution in [0.4, 0.5) is 0 Å². The zero-order valence-corrected chi connectivity index (χ0v) is 19.0. The van der Waals surface area contributed by atoms with Gasteiger partial charge in [-0.3, -0.25) is 9.59 Å². The fraction of sp³-hybridized carbons (Fsp3) is 0.286. The van der Waals surface area contributed by atoms with Gasteiger partial charge in [0.15, 0.2) is 21.2 Å². The van der Waals surface area contributed by atoms with Crippen molar-refractivity contribution in [1.29, 1.82) is 0 Å². The van der Waals surface area contributed by atoms with Gasteiger partial charge in [0.2, 0.25) is 0 Å². The highest BCUT2D eigenvalue weighted by Crippen LogP contribution is 2.22. The van der Waals surface area contributed by atoms with Gasteiger partial charge in [-0.05, 0) is 43.7 Å². The molecule has 0 bridgehead atoms. The Labute approximate surface area is 183 Å². The molecular weight excluding hydrogens is 440 g/mol. The molecule has 3 rings (SSSR count). The summed E-state index contributed by atoms with van der Waals surface area (Å²) in [6, 6.07) is 11.9. The molecule has 0 radical (unpaired) electrons. The monoisotopic (exact) mass is 462 g/mol. The quantitative estimate of drug-likeness (QED) is 0.500. The van der Waals surface area contributed by atoms with E-state index in [1.165, 1.54) is 16.7 Å². The van der Waals surface area contributed by atoms with E-state index < -0.39 is 21.7 Å². The summed E-state index contributed by atoms with van der Waals surface area (Å²) in [5, 5.41) is 0. The average Bonchev–Trinajstić information content (AvgIpc) is 3.03. The van der Waals surface area contributed by atoms with Crippen LogP contribution in [0.1, 0.15) is 12.5 Å². The number of hydrogen-bond donors (Lipinski definition) is 0. The van der Waals surface area contributed by atoms with Crippen LogP contribution in [0.2, 0.25) is 0 Å². The summed E-state index contributed by atoms with van der Waals surface area (Å²) in [7, 11) is -3.41. The lowest BCUT2D eigenvalue weighted by Crippen LogP contribution is -2.24. The third-order valence-electron chi connectivity index (χ3n) is 4.34. The summed E-state index contributed by atoms with van der Waals surface area (Å²) < 4.78 is 36.5. The summed E-state index contributed by atoms with van der Waals surface area (Å²) >= 11 is 1.12. The summed E-state index contributed by atoms with van der Waals surface area (Å²) in [5.41, 5.74) is 1.47. The van der Waals surface area contributed by atoms with E-state index in [2.05, 4.69) is 4.99 Å². The van der Waals surface area contributed by atoms with E-state index in [1.807, 2.05) is 25.1 Å². The van der Waals surface area contributed by atoms with Crippen molar-refractivity contribution in [2.45, 2.75) is 25.3 Å². The molecule has 0 atom stereocenters. The summed E-state index contributed by atoms with van der Waals surface area (Å²) in [5.74, 6) is -0.435. The average molecular weight is 463 g/mol. The predicted molar refractivity (Wildman–Crippen MR) is 117 cm³/mol. The Morgan fingerprint density at radius 3 is 2.58 bits per heavy atom. The Kier molecular flexibility index (Phi) is 6.91. The molecule has 0 unspecified atom stereocenters. The highest BCUT2D eigenvalue weighted by atomic mass is 32.2. The molecule has 3 aromatic rings. The number of hydrogen-bond acceptors (Lipinski definition) is 7. The second-order valence-corrected chi connectivity index (χ2v) is 9.76. The van der Waals surface area contributed by atoms with Gasteiger partial charge in [0.05, 0.1) is 21.7 Å². The molecule has 2 aromatic carbocycles. The smallest absolute Gasteiger partial charge is 0.326 e. The van der Waals surface area contributed by atoms with Crippen LogP contribution in [-0.2, 0) is 30.7 Å². The van der Waals surface area contributed by atoms with Gasteiger partial charge < -0.3 is 14.0 Å². The molecule has 164 valence electrons. The molecule has 8 nitrogen and oxygen atoms in total. The molecule has 0 aliphatic heterocycles.